The van der Waals surface area contributed by atoms with E-state index >= 15 is 0 Å². The van der Waals surface area contributed by atoms with Gasteiger partial charge in [-0.1, -0.05) is 26.0 Å². The molecule has 0 aliphatic carbocycles. The number of hydrogen-bond acceptors (Lipinski definition) is 8. The van der Waals surface area contributed by atoms with Crippen molar-refractivity contribution in [1.29, 1.82) is 0 Å². The fourth-order valence-corrected chi connectivity index (χ4v) is 3.75. The van der Waals surface area contributed by atoms with Crippen molar-refractivity contribution in [2.75, 3.05) is 30.5 Å². The SMILES string of the molecule is CC.COCCCN(c1nc(Nc2ccc(CN)c(S)c2)ncc1F)c1cccc2[nH]ncc12. The Kier molecular flexibility index (Phi) is 9.20. The van der Waals surface area contributed by atoms with Gasteiger partial charge in [0, 0.05) is 42.8 Å². The quantitative estimate of drug-likeness (QED) is 0.192. The maximum absolute atomic E-state index is 15.0. The van der Waals surface area contributed by atoms with E-state index in [1.807, 2.05) is 55.1 Å². The molecule has 0 unspecified atom stereocenters. The summed E-state index contributed by atoms with van der Waals surface area (Å²) in [6, 6.07) is 11.3. The number of anilines is 4. The number of benzene rings is 2. The minimum absolute atomic E-state index is 0.164. The van der Waals surface area contributed by atoms with Gasteiger partial charge in [-0.2, -0.15) is 10.1 Å². The van der Waals surface area contributed by atoms with E-state index in [2.05, 4.69) is 38.1 Å². The van der Waals surface area contributed by atoms with Crippen molar-refractivity contribution in [2.24, 2.45) is 5.73 Å². The lowest BCUT2D eigenvalue weighted by atomic mass is 10.2. The minimum atomic E-state index is -0.526. The molecule has 0 amide bonds. The van der Waals surface area contributed by atoms with Crippen LogP contribution < -0.4 is 16.0 Å². The van der Waals surface area contributed by atoms with Crippen LogP contribution in [0.3, 0.4) is 0 Å². The molecule has 2 aromatic heterocycles. The van der Waals surface area contributed by atoms with Crippen LogP contribution in [0.1, 0.15) is 25.8 Å². The first-order valence-corrected chi connectivity index (χ1v) is 11.6. The zero-order chi connectivity index (χ0) is 24.5. The van der Waals surface area contributed by atoms with Crippen LogP contribution >= 0.6 is 12.6 Å². The lowest BCUT2D eigenvalue weighted by molar-refractivity contribution is 0.196. The largest absolute Gasteiger partial charge is 0.385 e. The summed E-state index contributed by atoms with van der Waals surface area (Å²) < 4.78 is 20.2. The molecule has 180 valence electrons. The fraction of sp³-hybridized carbons (Fsp3) is 0.292. The number of nitrogens with zero attached hydrogens (tertiary/aromatic N) is 4. The molecule has 0 fully saturated rings. The van der Waals surface area contributed by atoms with Gasteiger partial charge in [0.2, 0.25) is 5.95 Å². The Hall–Kier alpha value is -3.21. The number of ether oxygens (including phenoxy) is 1. The summed E-state index contributed by atoms with van der Waals surface area (Å²) in [5.41, 5.74) is 9.01. The average Bonchev–Trinajstić information content (AvgIpc) is 3.34. The summed E-state index contributed by atoms with van der Waals surface area (Å²) in [7, 11) is 1.64. The number of methoxy groups -OCH3 is 1. The van der Waals surface area contributed by atoms with Crippen molar-refractivity contribution < 1.29 is 9.13 Å². The van der Waals surface area contributed by atoms with Crippen LogP contribution in [0.5, 0.6) is 0 Å². The van der Waals surface area contributed by atoms with E-state index in [0.29, 0.717) is 26.1 Å². The second kappa shape index (κ2) is 12.3. The molecule has 4 aromatic rings. The Morgan fingerprint density at radius 2 is 2.03 bits per heavy atom. The molecule has 0 radical (unpaired) electrons. The normalized spacial score (nSPS) is 10.6. The predicted molar refractivity (Wildman–Crippen MR) is 138 cm³/mol. The second-order valence-electron chi connectivity index (χ2n) is 7.14. The van der Waals surface area contributed by atoms with E-state index in [9.17, 15) is 4.39 Å². The Labute approximate surface area is 204 Å². The van der Waals surface area contributed by atoms with Gasteiger partial charge in [0.05, 0.1) is 23.6 Å². The molecule has 0 aliphatic rings. The summed E-state index contributed by atoms with van der Waals surface area (Å²) in [6.45, 7) is 5.43. The number of rotatable bonds is 9. The molecular weight excluding hydrogens is 453 g/mol. The lowest BCUT2D eigenvalue weighted by Gasteiger charge is -2.25. The van der Waals surface area contributed by atoms with E-state index in [-0.39, 0.29) is 11.8 Å². The molecule has 2 aromatic carbocycles. The van der Waals surface area contributed by atoms with Gasteiger partial charge in [0.15, 0.2) is 11.6 Å². The first-order chi connectivity index (χ1) is 16.6. The van der Waals surface area contributed by atoms with Gasteiger partial charge in [0.25, 0.3) is 0 Å². The van der Waals surface area contributed by atoms with Gasteiger partial charge in [0.1, 0.15) is 0 Å². The molecule has 8 nitrogen and oxygen atoms in total. The number of nitrogens with one attached hydrogen (secondary N) is 2. The summed E-state index contributed by atoms with van der Waals surface area (Å²) in [5, 5.41) is 11.1. The van der Waals surface area contributed by atoms with Crippen molar-refractivity contribution in [1.82, 2.24) is 20.2 Å². The number of halogens is 1. The minimum Gasteiger partial charge on any atom is -0.385 e. The topological polar surface area (TPSA) is 105 Å². The van der Waals surface area contributed by atoms with Gasteiger partial charge in [-0.15, -0.1) is 12.6 Å². The standard InChI is InChI=1S/C22H24FN7OS.C2H6/c1-31-9-3-8-30(19-5-2-4-18-16(19)12-26-29-18)21-17(23)13-25-22(28-21)27-15-7-6-14(11-24)20(32)10-15;1-2/h2,4-7,10,12-13,32H,3,8-9,11,24H2,1H3,(H,26,29)(H,25,27,28);1-2H3. The molecule has 0 saturated heterocycles. The molecule has 0 bridgehead atoms. The number of nitrogens with two attached hydrogens (primary N) is 1. The summed E-state index contributed by atoms with van der Waals surface area (Å²) in [5.74, 6) is -0.0930. The maximum atomic E-state index is 15.0. The predicted octanol–water partition coefficient (Wildman–Crippen LogP) is 5.18. The summed E-state index contributed by atoms with van der Waals surface area (Å²) in [4.78, 5) is 11.2. The highest BCUT2D eigenvalue weighted by Crippen LogP contribution is 2.33. The zero-order valence-corrected chi connectivity index (χ0v) is 20.4. The number of hydrogen-bond donors (Lipinski definition) is 4. The zero-order valence-electron chi connectivity index (χ0n) is 19.5. The highest BCUT2D eigenvalue weighted by molar-refractivity contribution is 7.80. The number of H-pyrrole nitrogens is 1. The van der Waals surface area contributed by atoms with Crippen LogP contribution in [0.2, 0.25) is 0 Å². The summed E-state index contributed by atoms with van der Waals surface area (Å²) in [6.07, 6.45) is 3.57. The highest BCUT2D eigenvalue weighted by Gasteiger charge is 2.20. The smallest absolute Gasteiger partial charge is 0.229 e. The fourth-order valence-electron chi connectivity index (χ4n) is 3.45. The van der Waals surface area contributed by atoms with E-state index in [1.165, 1.54) is 6.20 Å². The van der Waals surface area contributed by atoms with Crippen molar-refractivity contribution in [2.45, 2.75) is 31.7 Å². The molecule has 10 heteroatoms. The number of fused-ring (bicyclic) bond motifs is 1. The van der Waals surface area contributed by atoms with Crippen molar-refractivity contribution in [3.8, 4) is 0 Å². The van der Waals surface area contributed by atoms with Crippen LogP contribution in [0, 0.1) is 5.82 Å². The molecule has 0 saturated carbocycles. The van der Waals surface area contributed by atoms with E-state index in [1.54, 1.807) is 13.3 Å². The number of aromatic amines is 1. The Morgan fingerprint density at radius 3 is 2.76 bits per heavy atom. The molecule has 4 N–H and O–H groups in total. The first-order valence-electron chi connectivity index (χ1n) is 11.1. The van der Waals surface area contributed by atoms with Gasteiger partial charge < -0.3 is 20.7 Å². The third kappa shape index (κ3) is 5.82. The molecule has 0 aliphatic heterocycles. The van der Waals surface area contributed by atoms with Crippen molar-refractivity contribution >= 4 is 46.7 Å². The van der Waals surface area contributed by atoms with Crippen molar-refractivity contribution in [3.63, 3.8) is 0 Å². The Balaban J connectivity index is 0.00000158. The highest BCUT2D eigenvalue weighted by atomic mass is 32.1. The second-order valence-corrected chi connectivity index (χ2v) is 7.63. The summed E-state index contributed by atoms with van der Waals surface area (Å²) >= 11 is 4.46. The molecule has 2 heterocycles. The van der Waals surface area contributed by atoms with Gasteiger partial charge >= 0.3 is 0 Å². The van der Waals surface area contributed by atoms with Crippen LogP contribution in [-0.2, 0) is 11.3 Å². The van der Waals surface area contributed by atoms with Crippen LogP contribution in [0.4, 0.5) is 27.5 Å². The average molecular weight is 484 g/mol. The van der Waals surface area contributed by atoms with E-state index in [4.69, 9.17) is 10.5 Å². The first kappa shape index (κ1) is 25.4. The Morgan fingerprint density at radius 1 is 1.21 bits per heavy atom. The third-order valence-electron chi connectivity index (χ3n) is 5.03. The molecule has 0 spiro atoms. The number of aromatic nitrogens is 4. The third-order valence-corrected chi connectivity index (χ3v) is 5.44. The van der Waals surface area contributed by atoms with Gasteiger partial charge in [-0.3, -0.25) is 5.10 Å². The van der Waals surface area contributed by atoms with Gasteiger partial charge in [-0.25, -0.2) is 9.37 Å². The van der Waals surface area contributed by atoms with E-state index < -0.39 is 5.82 Å². The van der Waals surface area contributed by atoms with Crippen molar-refractivity contribution in [3.05, 3.63) is 60.2 Å². The Bertz CT molecular complexity index is 1220. The maximum Gasteiger partial charge on any atom is 0.229 e. The molecule has 0 atom stereocenters. The molecule has 34 heavy (non-hydrogen) atoms. The van der Waals surface area contributed by atoms with E-state index in [0.717, 1.165) is 32.7 Å². The molecular formula is C24H30FN7OS. The van der Waals surface area contributed by atoms with Crippen LogP contribution in [0.25, 0.3) is 10.9 Å². The van der Waals surface area contributed by atoms with Crippen LogP contribution in [0.15, 0.2) is 53.7 Å². The monoisotopic (exact) mass is 483 g/mol. The molecule has 4 rings (SSSR count). The van der Waals surface area contributed by atoms with Crippen LogP contribution in [-0.4, -0.2) is 40.4 Å². The van der Waals surface area contributed by atoms with Gasteiger partial charge in [-0.05, 0) is 36.2 Å². The number of thiol groups is 1. The lowest BCUT2D eigenvalue weighted by Crippen LogP contribution is -2.23.